The predicted octanol–water partition coefficient (Wildman–Crippen LogP) is 4.75. The molecule has 1 fully saturated rings. The van der Waals surface area contributed by atoms with E-state index in [0.717, 1.165) is 22.4 Å². The maximum absolute atomic E-state index is 9.78. The van der Waals surface area contributed by atoms with Gasteiger partial charge in [0.25, 0.3) is 0 Å². The van der Waals surface area contributed by atoms with Gasteiger partial charge in [-0.2, -0.15) is 0 Å². The molecular formula is C19H22N2O2. The summed E-state index contributed by atoms with van der Waals surface area (Å²) in [6, 6.07) is 7.63. The molecule has 23 heavy (non-hydrogen) atoms. The van der Waals surface area contributed by atoms with Crippen LogP contribution in [0, 0.1) is 5.92 Å². The number of phenols is 1. The first-order valence-electron chi connectivity index (χ1n) is 8.28. The van der Waals surface area contributed by atoms with Crippen molar-refractivity contribution in [2.75, 3.05) is 11.5 Å². The van der Waals surface area contributed by atoms with Crippen molar-refractivity contribution in [3.8, 4) is 5.75 Å². The number of anilines is 2. The van der Waals surface area contributed by atoms with E-state index < -0.39 is 0 Å². The molecule has 0 radical (unpaired) electrons. The van der Waals surface area contributed by atoms with Gasteiger partial charge >= 0.3 is 0 Å². The van der Waals surface area contributed by atoms with E-state index in [-0.39, 0.29) is 11.4 Å². The van der Waals surface area contributed by atoms with E-state index in [1.165, 1.54) is 31.2 Å². The summed E-state index contributed by atoms with van der Waals surface area (Å²) in [4.78, 5) is 0. The number of hydrogen-bond acceptors (Lipinski definition) is 4. The molecule has 1 aliphatic carbocycles. The van der Waals surface area contributed by atoms with Gasteiger partial charge in [-0.05, 0) is 42.4 Å². The van der Waals surface area contributed by atoms with Crippen molar-refractivity contribution in [1.82, 2.24) is 0 Å². The molecule has 4 nitrogen and oxygen atoms in total. The van der Waals surface area contributed by atoms with Crippen molar-refractivity contribution in [2.45, 2.75) is 38.5 Å². The van der Waals surface area contributed by atoms with Crippen LogP contribution in [-0.4, -0.2) is 5.11 Å². The van der Waals surface area contributed by atoms with Crippen molar-refractivity contribution in [2.24, 2.45) is 5.92 Å². The Morgan fingerprint density at radius 3 is 2.22 bits per heavy atom. The van der Waals surface area contributed by atoms with Crippen molar-refractivity contribution in [1.29, 1.82) is 0 Å². The molecule has 1 saturated carbocycles. The Morgan fingerprint density at radius 2 is 1.52 bits per heavy atom. The van der Waals surface area contributed by atoms with E-state index in [2.05, 4.69) is 19.1 Å². The zero-order valence-electron chi connectivity index (χ0n) is 13.3. The first-order chi connectivity index (χ1) is 11.1. The third-order valence-electron chi connectivity index (χ3n) is 5.35. The van der Waals surface area contributed by atoms with Crippen LogP contribution in [0.3, 0.4) is 0 Å². The van der Waals surface area contributed by atoms with Gasteiger partial charge in [0, 0.05) is 10.8 Å². The lowest BCUT2D eigenvalue weighted by Crippen LogP contribution is -2.12. The second kappa shape index (κ2) is 5.08. The summed E-state index contributed by atoms with van der Waals surface area (Å²) in [5.74, 6) is 1.36. The Balaban J connectivity index is 1.88. The van der Waals surface area contributed by atoms with E-state index in [1.807, 2.05) is 6.07 Å². The third-order valence-corrected chi connectivity index (χ3v) is 5.35. The smallest absolute Gasteiger partial charge is 0.162 e. The van der Waals surface area contributed by atoms with Crippen LogP contribution < -0.4 is 11.5 Å². The number of furan rings is 1. The second-order valence-corrected chi connectivity index (χ2v) is 6.88. The molecule has 3 aromatic rings. The molecule has 0 saturated heterocycles. The quantitative estimate of drug-likeness (QED) is 0.447. The Bertz CT molecular complexity index is 889. The average molecular weight is 310 g/mol. The molecule has 0 atom stereocenters. The minimum absolute atomic E-state index is 0.0385. The lowest BCUT2D eigenvalue weighted by molar-refractivity contribution is 0.348. The number of fused-ring (bicyclic) bond motifs is 3. The van der Waals surface area contributed by atoms with Crippen LogP contribution in [0.4, 0.5) is 11.4 Å². The zero-order chi connectivity index (χ0) is 16.1. The maximum atomic E-state index is 9.78. The number of hydrogen-bond donors (Lipinski definition) is 3. The normalized spacial score (nSPS) is 22.0. The highest BCUT2D eigenvalue weighted by Crippen LogP contribution is 2.43. The summed E-state index contributed by atoms with van der Waals surface area (Å²) in [5, 5.41) is 11.6. The fraction of sp³-hybridized carbons (Fsp3) is 0.368. The summed E-state index contributed by atoms with van der Waals surface area (Å²) in [5.41, 5.74) is 15.8. The standard InChI is InChI=1S/C19H22N2O2/c1-10-2-4-11(5-3-10)12-6-7-13-14-8-9-15(22)17(21)19(14)23-18(13)16(12)20/h6-11,22H,2-5,20-21H2,1H3. The summed E-state index contributed by atoms with van der Waals surface area (Å²) in [7, 11) is 0. The maximum Gasteiger partial charge on any atom is 0.162 e. The van der Waals surface area contributed by atoms with Crippen LogP contribution in [0.2, 0.25) is 0 Å². The third kappa shape index (κ3) is 2.12. The van der Waals surface area contributed by atoms with E-state index in [0.29, 0.717) is 17.1 Å². The van der Waals surface area contributed by atoms with Gasteiger partial charge in [-0.3, -0.25) is 0 Å². The molecule has 120 valence electrons. The van der Waals surface area contributed by atoms with Crippen molar-refractivity contribution in [3.63, 3.8) is 0 Å². The Hall–Kier alpha value is -2.36. The molecule has 4 rings (SSSR count). The second-order valence-electron chi connectivity index (χ2n) is 6.88. The zero-order valence-corrected chi connectivity index (χ0v) is 13.3. The van der Waals surface area contributed by atoms with Crippen LogP contribution in [-0.2, 0) is 0 Å². The Morgan fingerprint density at radius 1 is 0.913 bits per heavy atom. The molecule has 1 aliphatic rings. The van der Waals surface area contributed by atoms with E-state index >= 15 is 0 Å². The van der Waals surface area contributed by atoms with E-state index in [4.69, 9.17) is 15.9 Å². The highest BCUT2D eigenvalue weighted by Gasteiger charge is 2.24. The van der Waals surface area contributed by atoms with Gasteiger partial charge in [0.1, 0.15) is 11.4 Å². The van der Waals surface area contributed by atoms with Gasteiger partial charge in [0.15, 0.2) is 11.2 Å². The summed E-state index contributed by atoms with van der Waals surface area (Å²) in [6.45, 7) is 2.32. The molecule has 1 aromatic heterocycles. The summed E-state index contributed by atoms with van der Waals surface area (Å²) >= 11 is 0. The molecular weight excluding hydrogens is 288 g/mol. The molecule has 1 heterocycles. The monoisotopic (exact) mass is 310 g/mol. The van der Waals surface area contributed by atoms with Gasteiger partial charge in [-0.25, -0.2) is 0 Å². The highest BCUT2D eigenvalue weighted by atomic mass is 16.3. The van der Waals surface area contributed by atoms with Gasteiger partial charge in [0.2, 0.25) is 0 Å². The van der Waals surface area contributed by atoms with E-state index in [1.54, 1.807) is 6.07 Å². The topological polar surface area (TPSA) is 85.4 Å². The van der Waals surface area contributed by atoms with Crippen molar-refractivity contribution in [3.05, 3.63) is 29.8 Å². The minimum atomic E-state index is 0.0385. The van der Waals surface area contributed by atoms with Gasteiger partial charge in [-0.1, -0.05) is 31.9 Å². The molecule has 2 aromatic carbocycles. The summed E-state index contributed by atoms with van der Waals surface area (Å²) < 4.78 is 5.94. The minimum Gasteiger partial charge on any atom is -0.506 e. The molecule has 4 heteroatoms. The Labute approximate surface area is 135 Å². The van der Waals surface area contributed by atoms with Crippen molar-refractivity contribution < 1.29 is 9.52 Å². The molecule has 0 spiro atoms. The molecule has 5 N–H and O–H groups in total. The number of nitrogens with two attached hydrogens (primary N) is 2. The largest absolute Gasteiger partial charge is 0.506 e. The van der Waals surface area contributed by atoms with Gasteiger partial charge < -0.3 is 21.0 Å². The first-order valence-corrected chi connectivity index (χ1v) is 8.28. The lowest BCUT2D eigenvalue weighted by atomic mass is 9.79. The number of benzene rings is 2. The number of aromatic hydroxyl groups is 1. The van der Waals surface area contributed by atoms with Crippen molar-refractivity contribution >= 4 is 33.3 Å². The van der Waals surface area contributed by atoms with Gasteiger partial charge in [-0.15, -0.1) is 0 Å². The lowest BCUT2D eigenvalue weighted by Gasteiger charge is -2.27. The number of nitrogen functional groups attached to an aromatic ring is 2. The van der Waals surface area contributed by atoms with Crippen LogP contribution in [0.1, 0.15) is 44.1 Å². The summed E-state index contributed by atoms with van der Waals surface area (Å²) in [6.07, 6.45) is 4.87. The SMILES string of the molecule is CC1CCC(c2ccc3c(oc4c(N)c(O)ccc43)c2N)CC1. The van der Waals surface area contributed by atoms with Gasteiger partial charge in [0.05, 0.1) is 5.69 Å². The predicted molar refractivity (Wildman–Crippen MR) is 94.6 cm³/mol. The average Bonchev–Trinajstić information content (AvgIpc) is 2.93. The first kappa shape index (κ1) is 14.2. The fourth-order valence-corrected chi connectivity index (χ4v) is 3.88. The molecule has 0 aliphatic heterocycles. The number of rotatable bonds is 1. The van der Waals surface area contributed by atoms with E-state index in [9.17, 15) is 5.11 Å². The van der Waals surface area contributed by atoms with Crippen LogP contribution >= 0.6 is 0 Å². The Kier molecular flexibility index (Phi) is 3.15. The van der Waals surface area contributed by atoms with Crippen LogP contribution in [0.25, 0.3) is 21.9 Å². The highest BCUT2D eigenvalue weighted by molar-refractivity contribution is 6.12. The van der Waals surface area contributed by atoms with Crippen LogP contribution in [0.15, 0.2) is 28.7 Å². The molecule has 0 unspecified atom stereocenters. The fourth-order valence-electron chi connectivity index (χ4n) is 3.88. The van der Waals surface area contributed by atoms with Crippen LogP contribution in [0.5, 0.6) is 5.75 Å². The molecule has 0 amide bonds. The number of phenolic OH excluding ortho intramolecular Hbond substituents is 1. The molecule has 0 bridgehead atoms.